The molecule has 0 aliphatic carbocycles. The largest absolute Gasteiger partial charge is 0.441 e. The Bertz CT molecular complexity index is 1080. The first kappa shape index (κ1) is 14.9. The second kappa shape index (κ2) is 5.75. The predicted octanol–water partition coefficient (Wildman–Crippen LogP) is 2.53. The van der Waals surface area contributed by atoms with E-state index in [2.05, 4.69) is 20.4 Å². The van der Waals surface area contributed by atoms with Gasteiger partial charge in [-0.3, -0.25) is 4.79 Å². The standard InChI is InChI=1S/C17H14N6O2/c1-10-7-19-17(25-10)11-6-14-15(20-9-21-23(14)8-11)22-16(24)12-4-2-3-5-13(12)18/h2-9H,18H2,1H3,(H,20,21,22,24). The first-order chi connectivity index (χ1) is 12.1. The Morgan fingerprint density at radius 1 is 1.28 bits per heavy atom. The number of carbonyl (C=O) groups is 1. The van der Waals surface area contributed by atoms with E-state index in [0.717, 1.165) is 5.56 Å². The molecule has 3 aromatic heterocycles. The molecule has 0 atom stereocenters. The average Bonchev–Trinajstić information content (AvgIpc) is 3.21. The van der Waals surface area contributed by atoms with Gasteiger partial charge in [0.05, 0.1) is 17.3 Å². The van der Waals surface area contributed by atoms with Crippen molar-refractivity contribution in [1.82, 2.24) is 19.6 Å². The molecule has 0 bridgehead atoms. The second-order valence-electron chi connectivity index (χ2n) is 5.48. The first-order valence-electron chi connectivity index (χ1n) is 7.54. The Kier molecular flexibility index (Phi) is 3.42. The summed E-state index contributed by atoms with van der Waals surface area (Å²) in [5.41, 5.74) is 7.99. The normalized spacial score (nSPS) is 10.9. The minimum absolute atomic E-state index is 0.339. The monoisotopic (exact) mass is 334 g/mol. The van der Waals surface area contributed by atoms with Crippen LogP contribution in [0.15, 0.2) is 53.5 Å². The van der Waals surface area contributed by atoms with Gasteiger partial charge in [0, 0.05) is 11.9 Å². The predicted molar refractivity (Wildman–Crippen MR) is 92.0 cm³/mol. The van der Waals surface area contributed by atoms with Crippen molar-refractivity contribution in [2.75, 3.05) is 11.1 Å². The van der Waals surface area contributed by atoms with E-state index in [1.165, 1.54) is 6.33 Å². The molecule has 0 aliphatic rings. The average molecular weight is 334 g/mol. The number of anilines is 2. The third-order valence-corrected chi connectivity index (χ3v) is 3.71. The fraction of sp³-hybridized carbons (Fsp3) is 0.0588. The van der Waals surface area contributed by atoms with Crippen molar-refractivity contribution in [3.8, 4) is 11.5 Å². The number of amides is 1. The number of oxazole rings is 1. The molecule has 1 aromatic carbocycles. The van der Waals surface area contributed by atoms with Crippen molar-refractivity contribution in [1.29, 1.82) is 0 Å². The number of nitrogens with two attached hydrogens (primary N) is 1. The summed E-state index contributed by atoms with van der Waals surface area (Å²) >= 11 is 0. The van der Waals surface area contributed by atoms with Crippen molar-refractivity contribution in [2.24, 2.45) is 0 Å². The van der Waals surface area contributed by atoms with Crippen LogP contribution in [0.5, 0.6) is 0 Å². The number of benzene rings is 1. The molecule has 0 saturated heterocycles. The lowest BCUT2D eigenvalue weighted by Crippen LogP contribution is -2.15. The summed E-state index contributed by atoms with van der Waals surface area (Å²) in [5.74, 6) is 1.23. The number of nitrogens with one attached hydrogen (secondary N) is 1. The number of hydrogen-bond acceptors (Lipinski definition) is 6. The van der Waals surface area contributed by atoms with E-state index in [4.69, 9.17) is 10.2 Å². The number of hydrogen-bond donors (Lipinski definition) is 2. The molecule has 0 fully saturated rings. The summed E-state index contributed by atoms with van der Waals surface area (Å²) in [7, 11) is 0. The van der Waals surface area contributed by atoms with Crippen LogP contribution in [0.1, 0.15) is 16.1 Å². The lowest BCUT2D eigenvalue weighted by atomic mass is 10.1. The van der Waals surface area contributed by atoms with Gasteiger partial charge in [0.2, 0.25) is 5.89 Å². The lowest BCUT2D eigenvalue weighted by Gasteiger charge is -2.07. The quantitative estimate of drug-likeness (QED) is 0.557. The number of aromatic nitrogens is 4. The summed E-state index contributed by atoms with van der Waals surface area (Å²) in [4.78, 5) is 20.8. The van der Waals surface area contributed by atoms with E-state index in [9.17, 15) is 4.79 Å². The molecule has 3 N–H and O–H groups in total. The van der Waals surface area contributed by atoms with Crippen LogP contribution in [0, 0.1) is 6.92 Å². The number of nitrogens with zero attached hydrogens (tertiary/aromatic N) is 4. The van der Waals surface area contributed by atoms with E-state index in [1.54, 1.807) is 47.2 Å². The maximum Gasteiger partial charge on any atom is 0.258 e. The van der Waals surface area contributed by atoms with Gasteiger partial charge in [-0.15, -0.1) is 0 Å². The number of rotatable bonds is 3. The van der Waals surface area contributed by atoms with Crippen LogP contribution >= 0.6 is 0 Å². The highest BCUT2D eigenvalue weighted by Gasteiger charge is 2.15. The van der Waals surface area contributed by atoms with E-state index >= 15 is 0 Å². The van der Waals surface area contributed by atoms with Gasteiger partial charge >= 0.3 is 0 Å². The van der Waals surface area contributed by atoms with Crippen molar-refractivity contribution in [3.63, 3.8) is 0 Å². The SMILES string of the molecule is Cc1cnc(-c2cc3c(NC(=O)c4ccccc4N)ncnn3c2)o1. The van der Waals surface area contributed by atoms with Gasteiger partial charge in [0.1, 0.15) is 17.6 Å². The molecule has 1 amide bonds. The Morgan fingerprint density at radius 3 is 2.88 bits per heavy atom. The van der Waals surface area contributed by atoms with Gasteiger partial charge in [-0.25, -0.2) is 14.5 Å². The summed E-state index contributed by atoms with van der Waals surface area (Å²) < 4.78 is 7.13. The van der Waals surface area contributed by atoms with Crippen molar-refractivity contribution < 1.29 is 9.21 Å². The molecule has 0 aliphatic heterocycles. The molecule has 4 rings (SSSR count). The van der Waals surface area contributed by atoms with Crippen molar-refractivity contribution >= 4 is 22.9 Å². The maximum atomic E-state index is 12.5. The minimum Gasteiger partial charge on any atom is -0.441 e. The fourth-order valence-electron chi connectivity index (χ4n) is 2.51. The van der Waals surface area contributed by atoms with Crippen LogP contribution in [0.3, 0.4) is 0 Å². The number of para-hydroxylation sites is 1. The van der Waals surface area contributed by atoms with Crippen LogP contribution < -0.4 is 11.1 Å². The number of nitrogen functional groups attached to an aromatic ring is 1. The zero-order valence-corrected chi connectivity index (χ0v) is 13.3. The molecular formula is C17H14N6O2. The Hall–Kier alpha value is -3.68. The molecule has 4 aromatic rings. The molecule has 0 spiro atoms. The van der Waals surface area contributed by atoms with Crippen molar-refractivity contribution in [2.45, 2.75) is 6.92 Å². The Morgan fingerprint density at radius 2 is 2.12 bits per heavy atom. The Balaban J connectivity index is 1.71. The smallest absolute Gasteiger partial charge is 0.258 e. The van der Waals surface area contributed by atoms with E-state index in [0.29, 0.717) is 34.2 Å². The lowest BCUT2D eigenvalue weighted by molar-refractivity contribution is 0.102. The van der Waals surface area contributed by atoms with Gasteiger partial charge < -0.3 is 15.5 Å². The molecule has 0 radical (unpaired) electrons. The number of fused-ring (bicyclic) bond motifs is 1. The maximum absolute atomic E-state index is 12.5. The third kappa shape index (κ3) is 2.69. The third-order valence-electron chi connectivity index (χ3n) is 3.71. The highest BCUT2D eigenvalue weighted by molar-refractivity contribution is 6.08. The van der Waals surface area contributed by atoms with Gasteiger partial charge in [0.25, 0.3) is 5.91 Å². The molecule has 0 saturated carbocycles. The van der Waals surface area contributed by atoms with Gasteiger partial charge in [-0.1, -0.05) is 12.1 Å². The highest BCUT2D eigenvalue weighted by atomic mass is 16.4. The van der Waals surface area contributed by atoms with Gasteiger partial charge in [-0.2, -0.15) is 5.10 Å². The Labute approximate surface area is 142 Å². The van der Waals surface area contributed by atoms with E-state index in [1.807, 2.05) is 6.92 Å². The molecule has 3 heterocycles. The molecular weight excluding hydrogens is 320 g/mol. The van der Waals surface area contributed by atoms with E-state index in [-0.39, 0.29) is 5.91 Å². The first-order valence-corrected chi connectivity index (χ1v) is 7.54. The fourth-order valence-corrected chi connectivity index (χ4v) is 2.51. The minimum atomic E-state index is -0.339. The highest BCUT2D eigenvalue weighted by Crippen LogP contribution is 2.25. The number of carbonyl (C=O) groups excluding carboxylic acids is 1. The van der Waals surface area contributed by atoms with Crippen LogP contribution in [-0.4, -0.2) is 25.5 Å². The summed E-state index contributed by atoms with van der Waals surface area (Å²) in [5, 5.41) is 6.92. The van der Waals surface area contributed by atoms with E-state index < -0.39 is 0 Å². The van der Waals surface area contributed by atoms with Gasteiger partial charge in [-0.05, 0) is 25.1 Å². The molecule has 8 nitrogen and oxygen atoms in total. The summed E-state index contributed by atoms with van der Waals surface area (Å²) in [6.45, 7) is 1.82. The molecule has 8 heteroatoms. The zero-order chi connectivity index (χ0) is 17.4. The molecule has 25 heavy (non-hydrogen) atoms. The zero-order valence-electron chi connectivity index (χ0n) is 13.3. The van der Waals surface area contributed by atoms with Crippen LogP contribution in [0.4, 0.5) is 11.5 Å². The summed E-state index contributed by atoms with van der Waals surface area (Å²) in [6.07, 6.45) is 4.76. The summed E-state index contributed by atoms with van der Waals surface area (Å²) in [6, 6.07) is 8.65. The molecule has 0 unspecified atom stereocenters. The van der Waals surface area contributed by atoms with Crippen molar-refractivity contribution in [3.05, 3.63) is 60.4 Å². The van der Waals surface area contributed by atoms with Crippen LogP contribution in [0.25, 0.3) is 17.0 Å². The number of aryl methyl sites for hydroxylation is 1. The van der Waals surface area contributed by atoms with Crippen LogP contribution in [0.2, 0.25) is 0 Å². The topological polar surface area (TPSA) is 111 Å². The van der Waals surface area contributed by atoms with Crippen LogP contribution in [-0.2, 0) is 0 Å². The van der Waals surface area contributed by atoms with Gasteiger partial charge in [0.15, 0.2) is 5.82 Å². The second-order valence-corrected chi connectivity index (χ2v) is 5.48. The molecule has 124 valence electrons.